The van der Waals surface area contributed by atoms with E-state index in [2.05, 4.69) is 48.1 Å². The molecular weight excluding hydrogens is 334 g/mol. The number of halogens is 2. The van der Waals surface area contributed by atoms with Gasteiger partial charge < -0.3 is 5.32 Å². The van der Waals surface area contributed by atoms with Gasteiger partial charge in [-0.1, -0.05) is 48.3 Å². The molecule has 3 unspecified atom stereocenters. The predicted molar refractivity (Wildman–Crippen MR) is 89.0 cm³/mol. The molecule has 3 rings (SSSR count). The van der Waals surface area contributed by atoms with Crippen LogP contribution in [0.2, 0.25) is 5.02 Å². The highest BCUT2D eigenvalue weighted by Gasteiger charge is 2.60. The van der Waals surface area contributed by atoms with Crippen molar-refractivity contribution in [1.82, 2.24) is 5.32 Å². The van der Waals surface area contributed by atoms with E-state index in [1.54, 1.807) is 0 Å². The molecule has 2 fully saturated rings. The third kappa shape index (κ3) is 2.15. The van der Waals surface area contributed by atoms with Crippen molar-refractivity contribution in [1.29, 1.82) is 0 Å². The van der Waals surface area contributed by atoms with Crippen LogP contribution in [0.1, 0.15) is 45.6 Å². The van der Waals surface area contributed by atoms with E-state index in [4.69, 9.17) is 11.6 Å². The zero-order valence-electron chi connectivity index (χ0n) is 12.5. The summed E-state index contributed by atoms with van der Waals surface area (Å²) >= 11 is 9.82. The van der Waals surface area contributed by atoms with Gasteiger partial charge in [-0.25, -0.2) is 0 Å². The van der Waals surface area contributed by atoms with Crippen molar-refractivity contribution < 1.29 is 0 Å². The van der Waals surface area contributed by atoms with Crippen molar-refractivity contribution in [2.45, 2.75) is 52.6 Å². The van der Waals surface area contributed by atoms with Crippen LogP contribution in [-0.2, 0) is 6.54 Å². The normalized spacial score (nSPS) is 34.6. The second-order valence-corrected chi connectivity index (χ2v) is 8.60. The number of benzene rings is 1. The zero-order chi connectivity index (χ0) is 14.5. The first kappa shape index (κ1) is 14.9. The van der Waals surface area contributed by atoms with Crippen LogP contribution in [0.25, 0.3) is 0 Å². The van der Waals surface area contributed by atoms with E-state index < -0.39 is 0 Å². The van der Waals surface area contributed by atoms with Gasteiger partial charge in [-0.2, -0.15) is 0 Å². The number of hydrogen-bond acceptors (Lipinski definition) is 1. The summed E-state index contributed by atoms with van der Waals surface area (Å²) in [6.45, 7) is 8.25. The number of rotatable bonds is 3. The van der Waals surface area contributed by atoms with Crippen molar-refractivity contribution >= 4 is 27.5 Å². The van der Waals surface area contributed by atoms with Crippen LogP contribution in [0.4, 0.5) is 0 Å². The second-order valence-electron chi connectivity index (χ2n) is 7.28. The standard InChI is InChI=1S/C17H23BrClN/c1-16(2)12-6-7-17(16,3)15(9-12)20-10-11-8-13(18)4-5-14(11)19/h4-5,8,12,15,20H,6-7,9-10H2,1-3H3. The Morgan fingerprint density at radius 3 is 2.70 bits per heavy atom. The second kappa shape index (κ2) is 5.00. The lowest BCUT2D eigenvalue weighted by atomic mass is 9.69. The summed E-state index contributed by atoms with van der Waals surface area (Å²) < 4.78 is 1.10. The minimum atomic E-state index is 0.427. The summed E-state index contributed by atoms with van der Waals surface area (Å²) in [5.74, 6) is 0.878. The average molecular weight is 357 g/mol. The third-order valence-electron chi connectivity index (χ3n) is 6.34. The molecule has 2 aliphatic carbocycles. The highest BCUT2D eigenvalue weighted by Crippen LogP contribution is 2.65. The van der Waals surface area contributed by atoms with E-state index in [1.165, 1.54) is 24.8 Å². The third-order valence-corrected chi connectivity index (χ3v) is 7.20. The molecule has 3 atom stereocenters. The van der Waals surface area contributed by atoms with E-state index in [1.807, 2.05) is 12.1 Å². The van der Waals surface area contributed by atoms with Crippen molar-refractivity contribution in [3.8, 4) is 0 Å². The fourth-order valence-corrected chi connectivity index (χ4v) is 5.02. The molecular formula is C17H23BrClN. The van der Waals surface area contributed by atoms with Gasteiger partial charge in [0, 0.05) is 22.1 Å². The number of nitrogens with one attached hydrogen (secondary N) is 1. The highest BCUT2D eigenvalue weighted by molar-refractivity contribution is 9.10. The zero-order valence-corrected chi connectivity index (χ0v) is 14.8. The van der Waals surface area contributed by atoms with E-state index in [-0.39, 0.29) is 0 Å². The molecule has 3 heteroatoms. The van der Waals surface area contributed by atoms with Crippen LogP contribution >= 0.6 is 27.5 Å². The first-order chi connectivity index (χ1) is 9.34. The summed E-state index contributed by atoms with van der Waals surface area (Å²) in [6.07, 6.45) is 4.07. The molecule has 0 aromatic heterocycles. The molecule has 0 radical (unpaired) electrons. The maximum Gasteiger partial charge on any atom is 0.0451 e. The van der Waals surface area contributed by atoms with Gasteiger partial charge in [-0.15, -0.1) is 0 Å². The van der Waals surface area contributed by atoms with E-state index in [0.717, 1.165) is 22.0 Å². The van der Waals surface area contributed by atoms with Crippen LogP contribution in [0.3, 0.4) is 0 Å². The Morgan fingerprint density at radius 2 is 2.10 bits per heavy atom. The molecule has 110 valence electrons. The fourth-order valence-electron chi connectivity index (χ4n) is 4.42. The highest BCUT2D eigenvalue weighted by atomic mass is 79.9. The Hall–Kier alpha value is -0.0500. The van der Waals surface area contributed by atoms with E-state index in [9.17, 15) is 0 Å². The smallest absolute Gasteiger partial charge is 0.0451 e. The van der Waals surface area contributed by atoms with E-state index >= 15 is 0 Å². The molecule has 2 aliphatic rings. The Morgan fingerprint density at radius 1 is 1.35 bits per heavy atom. The Bertz CT molecular complexity index is 528. The first-order valence-corrected chi connectivity index (χ1v) is 8.69. The largest absolute Gasteiger partial charge is 0.309 e. The Balaban J connectivity index is 1.73. The topological polar surface area (TPSA) is 12.0 Å². The molecule has 1 aromatic rings. The fraction of sp³-hybridized carbons (Fsp3) is 0.647. The number of fused-ring (bicyclic) bond motifs is 2. The van der Waals surface area contributed by atoms with Crippen LogP contribution < -0.4 is 5.32 Å². The molecule has 2 saturated carbocycles. The van der Waals surface area contributed by atoms with Gasteiger partial charge in [-0.05, 0) is 59.8 Å². The number of hydrogen-bond donors (Lipinski definition) is 1. The van der Waals surface area contributed by atoms with Crippen molar-refractivity contribution in [3.05, 3.63) is 33.3 Å². The van der Waals surface area contributed by atoms with Gasteiger partial charge in [-0.3, -0.25) is 0 Å². The lowest BCUT2D eigenvalue weighted by Crippen LogP contribution is -2.44. The summed E-state index contributed by atoms with van der Waals surface area (Å²) in [6, 6.07) is 6.70. The monoisotopic (exact) mass is 355 g/mol. The molecule has 1 nitrogen and oxygen atoms in total. The minimum Gasteiger partial charge on any atom is -0.309 e. The van der Waals surface area contributed by atoms with Crippen LogP contribution in [0, 0.1) is 16.7 Å². The predicted octanol–water partition coefficient (Wildman–Crippen LogP) is 5.41. The van der Waals surface area contributed by atoms with Crippen LogP contribution in [0.5, 0.6) is 0 Å². The SMILES string of the molecule is CC1(C)C2CCC1(C)C(NCc1cc(Br)ccc1Cl)C2. The van der Waals surface area contributed by atoms with Gasteiger partial charge in [0.25, 0.3) is 0 Å². The van der Waals surface area contributed by atoms with E-state index in [0.29, 0.717) is 16.9 Å². The molecule has 2 bridgehead atoms. The maximum absolute atomic E-state index is 6.29. The summed E-state index contributed by atoms with van der Waals surface area (Å²) in [4.78, 5) is 0. The Kier molecular flexibility index (Phi) is 3.72. The van der Waals surface area contributed by atoms with Crippen LogP contribution in [0.15, 0.2) is 22.7 Å². The van der Waals surface area contributed by atoms with Crippen LogP contribution in [-0.4, -0.2) is 6.04 Å². The maximum atomic E-state index is 6.29. The first-order valence-electron chi connectivity index (χ1n) is 7.52. The molecule has 20 heavy (non-hydrogen) atoms. The van der Waals surface area contributed by atoms with Crippen molar-refractivity contribution in [3.63, 3.8) is 0 Å². The average Bonchev–Trinajstić information content (AvgIpc) is 2.72. The lowest BCUT2D eigenvalue weighted by Gasteiger charge is -2.39. The summed E-state index contributed by atoms with van der Waals surface area (Å²) in [5, 5.41) is 4.64. The molecule has 0 heterocycles. The Labute approximate surface area is 135 Å². The summed E-state index contributed by atoms with van der Waals surface area (Å²) in [5.41, 5.74) is 2.08. The minimum absolute atomic E-state index is 0.427. The van der Waals surface area contributed by atoms with Crippen molar-refractivity contribution in [2.75, 3.05) is 0 Å². The quantitative estimate of drug-likeness (QED) is 0.764. The van der Waals surface area contributed by atoms with Crippen molar-refractivity contribution in [2.24, 2.45) is 16.7 Å². The molecule has 0 spiro atoms. The summed E-state index contributed by atoms with van der Waals surface area (Å²) in [7, 11) is 0. The molecule has 0 amide bonds. The molecule has 1 N–H and O–H groups in total. The van der Waals surface area contributed by atoms with Gasteiger partial charge in [0.2, 0.25) is 0 Å². The molecule has 0 aliphatic heterocycles. The molecule has 1 aromatic carbocycles. The van der Waals surface area contributed by atoms with Gasteiger partial charge in [0.1, 0.15) is 0 Å². The lowest BCUT2D eigenvalue weighted by molar-refractivity contribution is 0.120. The van der Waals surface area contributed by atoms with Gasteiger partial charge in [0.05, 0.1) is 0 Å². The van der Waals surface area contributed by atoms with Gasteiger partial charge in [0.15, 0.2) is 0 Å². The molecule has 0 saturated heterocycles. The van der Waals surface area contributed by atoms with Gasteiger partial charge >= 0.3 is 0 Å².